The minimum absolute atomic E-state index is 0. The van der Waals surface area contributed by atoms with Crippen LogP contribution in [-0.2, 0) is 39.0 Å². The van der Waals surface area contributed by atoms with Crippen LogP contribution in [-0.4, -0.2) is 8.07 Å². The van der Waals surface area contributed by atoms with Crippen molar-refractivity contribution < 1.29 is 51.0 Å². The molecule has 0 radical (unpaired) electrons. The number of benzene rings is 2. The second-order valence-electron chi connectivity index (χ2n) is 12.2. The van der Waals surface area contributed by atoms with Crippen LogP contribution in [0, 0.1) is 0 Å². The van der Waals surface area contributed by atoms with Gasteiger partial charge in [-0.15, -0.1) is 0 Å². The van der Waals surface area contributed by atoms with Crippen molar-refractivity contribution in [3.8, 4) is 11.1 Å². The Hall–Kier alpha value is -0.660. The Morgan fingerprint density at radius 3 is 2.03 bits per heavy atom. The van der Waals surface area contributed by atoms with Gasteiger partial charge in [0, 0.05) is 5.54 Å². The first-order chi connectivity index (χ1) is 16.1. The second kappa shape index (κ2) is 11.8. The molecule has 0 aliphatic heterocycles. The van der Waals surface area contributed by atoms with Crippen LogP contribution < -0.4 is 24.8 Å². The summed E-state index contributed by atoms with van der Waals surface area (Å²) in [5.74, 6) is 0.530. The Kier molecular flexibility index (Phi) is 10.4. The minimum Gasteiger partial charge on any atom is -1.00 e. The molecule has 0 spiro atoms. The molecule has 0 heterocycles. The standard InChI is InChI=1S/C33H42Si.2ClH.Zr/c1-19(2)26-14-10-11-15-28(26)31-27-16-12-13-25(27)18-30-29(31)17-20(3)32(30)34(8,9)33-23(6)21(4)22(5)24(33)7;;;/h10-11,14-15,17-19,32-33H,12-13,16H2,1-9H3;2*1H;/q;;;+2/p-2. The predicted molar refractivity (Wildman–Crippen MR) is 152 cm³/mol. The summed E-state index contributed by atoms with van der Waals surface area (Å²) >= 11 is 0. The molecule has 5 rings (SSSR count). The van der Waals surface area contributed by atoms with E-state index in [1.54, 1.807) is 55.7 Å². The van der Waals surface area contributed by atoms with Crippen LogP contribution in [0.1, 0.15) is 94.2 Å². The zero-order valence-corrected chi connectivity index (χ0v) is 29.0. The number of hydrogen-bond acceptors (Lipinski definition) is 0. The predicted octanol–water partition coefficient (Wildman–Crippen LogP) is 3.78. The van der Waals surface area contributed by atoms with E-state index in [1.807, 2.05) is 0 Å². The van der Waals surface area contributed by atoms with Crippen LogP contribution in [0.5, 0.6) is 0 Å². The molecule has 2 aromatic carbocycles. The van der Waals surface area contributed by atoms with Gasteiger partial charge in [-0.05, 0) is 115 Å². The number of allylic oxidation sites excluding steroid dienone is 5. The Bertz CT molecular complexity index is 1270. The van der Waals surface area contributed by atoms with Crippen LogP contribution in [0.4, 0.5) is 0 Å². The van der Waals surface area contributed by atoms with Crippen molar-refractivity contribution >= 4 is 14.1 Å². The van der Waals surface area contributed by atoms with E-state index in [-0.39, 0.29) is 51.0 Å². The largest absolute Gasteiger partial charge is 2.00 e. The molecule has 1 atom stereocenters. The topological polar surface area (TPSA) is 0 Å². The molecule has 0 bridgehead atoms. The molecule has 3 aliphatic carbocycles. The van der Waals surface area contributed by atoms with Crippen LogP contribution in [0.2, 0.25) is 18.6 Å². The number of rotatable bonds is 4. The summed E-state index contributed by atoms with van der Waals surface area (Å²) in [4.78, 5) is 0. The van der Waals surface area contributed by atoms with Crippen molar-refractivity contribution in [2.24, 2.45) is 0 Å². The van der Waals surface area contributed by atoms with Crippen LogP contribution >= 0.6 is 0 Å². The number of hydrogen-bond donors (Lipinski definition) is 0. The Morgan fingerprint density at radius 2 is 1.43 bits per heavy atom. The molecule has 0 nitrogen and oxygen atoms in total. The first-order valence-electron chi connectivity index (χ1n) is 13.4. The number of fused-ring (bicyclic) bond motifs is 2. The number of halogens is 2. The maximum absolute atomic E-state index is 2.67. The molecule has 0 saturated heterocycles. The third-order valence-corrected chi connectivity index (χ3v) is 14.2. The summed E-state index contributed by atoms with van der Waals surface area (Å²) < 4.78 is 0. The molecule has 196 valence electrons. The van der Waals surface area contributed by atoms with Crippen molar-refractivity contribution in [3.05, 3.63) is 86.0 Å². The van der Waals surface area contributed by atoms with Gasteiger partial charge in [-0.3, -0.25) is 0 Å². The van der Waals surface area contributed by atoms with Crippen LogP contribution in [0.15, 0.2) is 58.2 Å². The quantitative estimate of drug-likeness (QED) is 0.453. The average Bonchev–Trinajstić information content (AvgIpc) is 3.43. The molecule has 0 aromatic heterocycles. The van der Waals surface area contributed by atoms with Gasteiger partial charge in [-0.2, -0.15) is 0 Å². The third-order valence-electron chi connectivity index (χ3n) is 9.56. The fraction of sp³-hybridized carbons (Fsp3) is 0.455. The average molecular weight is 629 g/mol. The molecule has 0 fully saturated rings. The van der Waals surface area contributed by atoms with Gasteiger partial charge in [0.05, 0.1) is 8.07 Å². The maximum atomic E-state index is 2.67. The van der Waals surface area contributed by atoms with Gasteiger partial charge >= 0.3 is 26.2 Å². The fourth-order valence-corrected chi connectivity index (χ4v) is 13.2. The summed E-state index contributed by atoms with van der Waals surface area (Å²) in [7, 11) is -1.74. The van der Waals surface area contributed by atoms with E-state index in [2.05, 4.69) is 98.0 Å². The van der Waals surface area contributed by atoms with Crippen molar-refractivity contribution in [3.63, 3.8) is 0 Å². The molecule has 3 aliphatic rings. The van der Waals surface area contributed by atoms with E-state index in [0.29, 0.717) is 17.0 Å². The van der Waals surface area contributed by atoms with Gasteiger partial charge in [0.2, 0.25) is 0 Å². The smallest absolute Gasteiger partial charge is 1.00 e. The minimum atomic E-state index is -1.74. The number of aryl methyl sites for hydroxylation is 1. The molecule has 0 amide bonds. The zero-order chi connectivity index (χ0) is 24.5. The summed E-state index contributed by atoms with van der Waals surface area (Å²) in [5, 5.41) is 0. The molecular weight excluding hydrogens is 587 g/mol. The molecule has 2 aromatic rings. The van der Waals surface area contributed by atoms with Gasteiger partial charge in [-0.25, -0.2) is 0 Å². The van der Waals surface area contributed by atoms with Crippen molar-refractivity contribution in [1.29, 1.82) is 0 Å². The van der Waals surface area contributed by atoms with Crippen LogP contribution in [0.25, 0.3) is 17.2 Å². The Morgan fingerprint density at radius 1 is 0.838 bits per heavy atom. The van der Waals surface area contributed by atoms with Crippen molar-refractivity contribution in [1.82, 2.24) is 0 Å². The van der Waals surface area contributed by atoms with Crippen molar-refractivity contribution in [2.45, 2.75) is 97.8 Å². The van der Waals surface area contributed by atoms with E-state index in [4.69, 9.17) is 0 Å². The van der Waals surface area contributed by atoms with E-state index in [9.17, 15) is 0 Å². The van der Waals surface area contributed by atoms with E-state index >= 15 is 0 Å². The normalized spacial score (nSPS) is 18.9. The molecule has 4 heteroatoms. The van der Waals surface area contributed by atoms with Gasteiger partial charge in [-0.1, -0.05) is 80.1 Å². The molecule has 1 unspecified atom stereocenters. The summed E-state index contributed by atoms with van der Waals surface area (Å²) in [6.07, 6.45) is 6.36. The zero-order valence-electron chi connectivity index (χ0n) is 24.1. The first kappa shape index (κ1) is 32.6. The second-order valence-corrected chi connectivity index (χ2v) is 17.0. The Labute approximate surface area is 258 Å². The van der Waals surface area contributed by atoms with Crippen LogP contribution in [0.3, 0.4) is 0 Å². The fourth-order valence-electron chi connectivity index (χ4n) is 7.89. The molecule has 37 heavy (non-hydrogen) atoms. The summed E-state index contributed by atoms with van der Waals surface area (Å²) in [6.45, 7) is 22.0. The SMILES string of the molecule is CC1=Cc2c(cc3c(c2-c2ccccc2C(C)C)CCC3)C1[Si](C)(C)C1C(C)=C(C)C(C)=C1C.[Cl-].[Cl-].[Zr+2]. The van der Waals surface area contributed by atoms with Gasteiger partial charge in [0.15, 0.2) is 0 Å². The summed E-state index contributed by atoms with van der Waals surface area (Å²) in [6, 6.07) is 11.9. The third kappa shape index (κ3) is 5.03. The van der Waals surface area contributed by atoms with Crippen molar-refractivity contribution in [2.75, 3.05) is 0 Å². The summed E-state index contributed by atoms with van der Waals surface area (Å²) in [5.41, 5.74) is 20.2. The monoisotopic (exact) mass is 626 g/mol. The van der Waals surface area contributed by atoms with E-state index in [1.165, 1.54) is 30.4 Å². The van der Waals surface area contributed by atoms with Gasteiger partial charge in [0.1, 0.15) is 0 Å². The Balaban J connectivity index is 0.00000160. The maximum Gasteiger partial charge on any atom is 2.00 e. The molecule has 0 N–H and O–H groups in total. The van der Waals surface area contributed by atoms with E-state index in [0.717, 1.165) is 0 Å². The van der Waals surface area contributed by atoms with E-state index < -0.39 is 8.07 Å². The van der Waals surface area contributed by atoms with Gasteiger partial charge < -0.3 is 24.8 Å². The molecular formula is C33H42Cl2SiZr. The van der Waals surface area contributed by atoms with Gasteiger partial charge in [0.25, 0.3) is 0 Å². The molecule has 0 saturated carbocycles. The first-order valence-corrected chi connectivity index (χ1v) is 16.5.